The van der Waals surface area contributed by atoms with Crippen LogP contribution >= 0.6 is 0 Å². The van der Waals surface area contributed by atoms with Gasteiger partial charge in [-0.1, -0.05) is 25.1 Å². The second-order valence-corrected chi connectivity index (χ2v) is 7.40. The summed E-state index contributed by atoms with van der Waals surface area (Å²) in [5.74, 6) is 1.05. The maximum atomic E-state index is 13.0. The number of nitrogens with zero attached hydrogens (tertiary/aromatic N) is 4. The zero-order chi connectivity index (χ0) is 26.1. The normalized spacial score (nSPS) is 10.7. The summed E-state index contributed by atoms with van der Waals surface area (Å²) in [4.78, 5) is 25.7. The molecule has 0 spiro atoms. The molecule has 0 unspecified atom stereocenters. The van der Waals surface area contributed by atoms with Gasteiger partial charge in [0.25, 0.3) is 5.91 Å². The zero-order valence-electron chi connectivity index (χ0n) is 19.3. The molecule has 0 saturated heterocycles. The van der Waals surface area contributed by atoms with E-state index >= 15 is 0 Å². The van der Waals surface area contributed by atoms with Crippen LogP contribution in [0.4, 0.5) is 24.8 Å². The second kappa shape index (κ2) is 11.7. The van der Waals surface area contributed by atoms with Gasteiger partial charge in [-0.15, -0.1) is 12.8 Å². The van der Waals surface area contributed by atoms with Crippen LogP contribution in [0.2, 0.25) is 0 Å². The molecule has 7 nitrogen and oxygen atoms in total. The molecule has 0 radical (unpaired) electrons. The Kier molecular flexibility index (Phi) is 8.41. The molecule has 0 aliphatic rings. The third-order valence-electron chi connectivity index (χ3n) is 4.89. The standard InChI is InChI=1S/C24H21F3N6O.C2H2/c1-2-10-29-23-30-11-9-20(32-23)33-13-12-28-21(33)16-5-4-8-19(15-16)31-22(34)17-6-3-7-18(14-17)24(25,26)27;1-2/h3-9,11-15H,2,10H2,1H3,(H,31,34)(H,29,30,32);1-2H. The quantitative estimate of drug-likeness (QED) is 0.325. The predicted molar refractivity (Wildman–Crippen MR) is 133 cm³/mol. The first-order valence-electron chi connectivity index (χ1n) is 10.9. The number of rotatable bonds is 7. The molecule has 0 bridgehead atoms. The van der Waals surface area contributed by atoms with Crippen LogP contribution in [0.15, 0.2) is 73.2 Å². The van der Waals surface area contributed by atoms with Crippen LogP contribution in [0.5, 0.6) is 0 Å². The molecule has 184 valence electrons. The molecule has 0 aliphatic heterocycles. The van der Waals surface area contributed by atoms with E-state index in [9.17, 15) is 18.0 Å². The molecule has 10 heteroatoms. The number of hydrogen-bond donors (Lipinski definition) is 2. The first-order chi connectivity index (χ1) is 17.3. The van der Waals surface area contributed by atoms with Gasteiger partial charge in [0.2, 0.25) is 5.95 Å². The van der Waals surface area contributed by atoms with Crippen LogP contribution in [0.3, 0.4) is 0 Å². The van der Waals surface area contributed by atoms with Crippen LogP contribution in [0.25, 0.3) is 17.2 Å². The van der Waals surface area contributed by atoms with Crippen molar-refractivity contribution in [3.05, 3.63) is 84.3 Å². The van der Waals surface area contributed by atoms with Crippen molar-refractivity contribution in [3.63, 3.8) is 0 Å². The lowest BCUT2D eigenvalue weighted by Gasteiger charge is -2.11. The fourth-order valence-corrected chi connectivity index (χ4v) is 3.28. The molecule has 1 amide bonds. The Morgan fingerprint density at radius 3 is 2.56 bits per heavy atom. The van der Waals surface area contributed by atoms with Gasteiger partial charge in [0.05, 0.1) is 5.56 Å². The maximum Gasteiger partial charge on any atom is 0.416 e. The highest BCUT2D eigenvalue weighted by Crippen LogP contribution is 2.30. The third-order valence-corrected chi connectivity index (χ3v) is 4.89. The van der Waals surface area contributed by atoms with Crippen LogP contribution < -0.4 is 10.6 Å². The number of carbonyl (C=O) groups excluding carboxylic acids is 1. The Morgan fingerprint density at radius 1 is 1.03 bits per heavy atom. The van der Waals surface area contributed by atoms with E-state index in [1.807, 2.05) is 13.0 Å². The number of aromatic nitrogens is 4. The molecule has 2 aromatic heterocycles. The molecule has 2 aromatic carbocycles. The largest absolute Gasteiger partial charge is 0.416 e. The summed E-state index contributed by atoms with van der Waals surface area (Å²) in [6.07, 6.45) is 9.44. The van der Waals surface area contributed by atoms with Crippen molar-refractivity contribution in [2.45, 2.75) is 19.5 Å². The molecule has 4 rings (SSSR count). The monoisotopic (exact) mass is 492 g/mol. The molecule has 0 fully saturated rings. The van der Waals surface area contributed by atoms with Gasteiger partial charge in [0.1, 0.15) is 11.6 Å². The van der Waals surface area contributed by atoms with Crippen LogP contribution in [0.1, 0.15) is 29.3 Å². The molecule has 2 heterocycles. The number of hydrogen-bond acceptors (Lipinski definition) is 5. The third kappa shape index (κ3) is 6.27. The van der Waals surface area contributed by atoms with Crippen LogP contribution in [0, 0.1) is 12.8 Å². The van der Waals surface area contributed by atoms with Crippen molar-refractivity contribution in [1.82, 2.24) is 19.5 Å². The Balaban J connectivity index is 0.00000176. The van der Waals surface area contributed by atoms with E-state index in [0.29, 0.717) is 28.8 Å². The molecule has 0 saturated carbocycles. The number of amides is 1. The summed E-state index contributed by atoms with van der Waals surface area (Å²) >= 11 is 0. The smallest absolute Gasteiger partial charge is 0.354 e. The number of anilines is 2. The SMILES string of the molecule is C#C.CCCNc1nccc(-n2ccnc2-c2cccc(NC(=O)c3cccc(C(F)(F)F)c3)c2)n1. The highest BCUT2D eigenvalue weighted by Gasteiger charge is 2.30. The first-order valence-corrected chi connectivity index (χ1v) is 10.9. The number of imidazole rings is 1. The van der Waals surface area contributed by atoms with E-state index in [1.165, 1.54) is 12.1 Å². The molecular formula is C26H23F3N6O. The summed E-state index contributed by atoms with van der Waals surface area (Å²) in [6, 6.07) is 12.9. The van der Waals surface area contributed by atoms with E-state index in [2.05, 4.69) is 38.4 Å². The van der Waals surface area contributed by atoms with E-state index in [1.54, 1.807) is 47.4 Å². The zero-order valence-corrected chi connectivity index (χ0v) is 19.3. The van der Waals surface area contributed by atoms with Gasteiger partial charge in [-0.2, -0.15) is 18.2 Å². The van der Waals surface area contributed by atoms with Gasteiger partial charge in [-0.3, -0.25) is 9.36 Å². The second-order valence-electron chi connectivity index (χ2n) is 7.40. The van der Waals surface area contributed by atoms with E-state index < -0.39 is 17.6 Å². The van der Waals surface area contributed by atoms with Gasteiger partial charge in [0, 0.05) is 41.9 Å². The van der Waals surface area contributed by atoms with Gasteiger partial charge < -0.3 is 10.6 Å². The van der Waals surface area contributed by atoms with Crippen molar-refractivity contribution in [2.75, 3.05) is 17.2 Å². The Bertz CT molecular complexity index is 1350. The van der Waals surface area contributed by atoms with E-state index in [-0.39, 0.29) is 5.56 Å². The summed E-state index contributed by atoms with van der Waals surface area (Å²) in [5, 5.41) is 5.79. The predicted octanol–water partition coefficient (Wildman–Crippen LogP) is 5.67. The number of terminal acetylenes is 1. The van der Waals surface area contributed by atoms with Gasteiger partial charge in [0.15, 0.2) is 0 Å². The Hall–Kier alpha value is -4.65. The van der Waals surface area contributed by atoms with Crippen molar-refractivity contribution < 1.29 is 18.0 Å². The summed E-state index contributed by atoms with van der Waals surface area (Å²) in [5.41, 5.74) is 0.138. The number of carbonyl (C=O) groups is 1. The minimum absolute atomic E-state index is 0.0881. The maximum absolute atomic E-state index is 13.0. The minimum atomic E-state index is -4.53. The number of halogens is 3. The van der Waals surface area contributed by atoms with E-state index in [4.69, 9.17) is 0 Å². The Morgan fingerprint density at radius 2 is 1.81 bits per heavy atom. The summed E-state index contributed by atoms with van der Waals surface area (Å²) in [6.45, 7) is 2.79. The topological polar surface area (TPSA) is 84.7 Å². The summed E-state index contributed by atoms with van der Waals surface area (Å²) < 4.78 is 40.7. The lowest BCUT2D eigenvalue weighted by Crippen LogP contribution is -2.14. The van der Waals surface area contributed by atoms with Crippen molar-refractivity contribution in [1.29, 1.82) is 0 Å². The lowest BCUT2D eigenvalue weighted by molar-refractivity contribution is -0.137. The summed E-state index contributed by atoms with van der Waals surface area (Å²) in [7, 11) is 0. The molecule has 36 heavy (non-hydrogen) atoms. The first kappa shape index (κ1) is 26.0. The van der Waals surface area contributed by atoms with Crippen LogP contribution in [-0.2, 0) is 6.18 Å². The van der Waals surface area contributed by atoms with Gasteiger partial charge in [-0.05, 0) is 42.8 Å². The van der Waals surface area contributed by atoms with Crippen molar-refractivity contribution >= 4 is 17.5 Å². The average Bonchev–Trinajstić information content (AvgIpc) is 3.39. The molecule has 0 aliphatic carbocycles. The average molecular weight is 493 g/mol. The van der Waals surface area contributed by atoms with E-state index in [0.717, 1.165) is 25.1 Å². The van der Waals surface area contributed by atoms with Gasteiger partial charge in [-0.25, -0.2) is 9.97 Å². The molecule has 4 aromatic rings. The minimum Gasteiger partial charge on any atom is -0.354 e. The van der Waals surface area contributed by atoms with Crippen LogP contribution in [-0.4, -0.2) is 32.0 Å². The lowest BCUT2D eigenvalue weighted by atomic mass is 10.1. The van der Waals surface area contributed by atoms with Gasteiger partial charge >= 0.3 is 6.18 Å². The fraction of sp³-hybridized carbons (Fsp3) is 0.154. The highest BCUT2D eigenvalue weighted by atomic mass is 19.4. The van der Waals surface area contributed by atoms with Crippen molar-refractivity contribution in [2.24, 2.45) is 0 Å². The number of nitrogens with one attached hydrogen (secondary N) is 2. The molecular weight excluding hydrogens is 469 g/mol. The molecule has 2 N–H and O–H groups in total. The number of alkyl halides is 3. The fourth-order valence-electron chi connectivity index (χ4n) is 3.28. The highest BCUT2D eigenvalue weighted by molar-refractivity contribution is 6.04. The van der Waals surface area contributed by atoms with Crippen molar-refractivity contribution in [3.8, 4) is 30.1 Å². The Labute approximate surface area is 206 Å². The molecule has 0 atom stereocenters. The number of benzene rings is 2.